The molecule has 0 spiro atoms. The van der Waals surface area contributed by atoms with Crippen LogP contribution in [0.4, 0.5) is 8.78 Å². The van der Waals surface area contributed by atoms with Crippen molar-refractivity contribution in [1.82, 2.24) is 10.2 Å². The van der Waals surface area contributed by atoms with Gasteiger partial charge in [-0.3, -0.25) is 5.10 Å². The number of H-pyrrole nitrogens is 1. The highest BCUT2D eigenvalue weighted by atomic mass is 35.5. The molecule has 3 N–H and O–H groups in total. The van der Waals surface area contributed by atoms with Gasteiger partial charge >= 0.3 is 0 Å². The summed E-state index contributed by atoms with van der Waals surface area (Å²) in [6.45, 7) is 0.884. The van der Waals surface area contributed by atoms with E-state index in [9.17, 15) is 8.78 Å². The largest absolute Gasteiger partial charge is 0.326 e. The molecule has 6 heteroatoms. The lowest BCUT2D eigenvalue weighted by Gasteiger charge is -2.08. The van der Waals surface area contributed by atoms with Crippen molar-refractivity contribution in [2.45, 2.75) is 19.4 Å². The minimum absolute atomic E-state index is 0. The van der Waals surface area contributed by atoms with E-state index in [1.165, 1.54) is 6.20 Å². The Morgan fingerprint density at radius 2 is 2.25 bits per heavy atom. The number of aromatic nitrogens is 2. The molecule has 0 aromatic carbocycles. The number of rotatable bonds is 2. The quantitative estimate of drug-likeness (QED) is 0.753. The monoisotopic (exact) mass is 197 g/mol. The van der Waals surface area contributed by atoms with Gasteiger partial charge in [-0.15, -0.1) is 12.4 Å². The van der Waals surface area contributed by atoms with Gasteiger partial charge in [0.15, 0.2) is 0 Å². The smallest absolute Gasteiger partial charge is 0.286 e. The number of nitrogens with one attached hydrogen (secondary N) is 1. The molecular formula is C6H10ClF2N3. The number of aromatic amines is 1. The van der Waals surface area contributed by atoms with Crippen LogP contribution in [-0.4, -0.2) is 10.2 Å². The summed E-state index contributed by atoms with van der Waals surface area (Å²) >= 11 is 0. The van der Waals surface area contributed by atoms with E-state index in [4.69, 9.17) is 5.73 Å². The third-order valence-electron chi connectivity index (χ3n) is 1.38. The lowest BCUT2D eigenvalue weighted by Crippen LogP contribution is -2.12. The van der Waals surface area contributed by atoms with Gasteiger partial charge in [0.05, 0.1) is 6.20 Å². The Hall–Kier alpha value is -0.680. The average Bonchev–Trinajstić information content (AvgIpc) is 2.31. The Bertz CT molecular complexity index is 243. The fourth-order valence-electron chi connectivity index (χ4n) is 0.846. The molecule has 0 bridgehead atoms. The van der Waals surface area contributed by atoms with Crippen LogP contribution in [0.3, 0.4) is 0 Å². The second-order valence-electron chi connectivity index (χ2n) is 2.36. The topological polar surface area (TPSA) is 54.7 Å². The number of hydrogen-bond acceptors (Lipinski definition) is 2. The molecule has 0 unspecified atom stereocenters. The number of halogens is 3. The van der Waals surface area contributed by atoms with Crippen molar-refractivity contribution in [3.63, 3.8) is 0 Å². The van der Waals surface area contributed by atoms with Gasteiger partial charge in [0.1, 0.15) is 5.69 Å². The first-order chi connectivity index (χ1) is 5.05. The molecule has 0 atom stereocenters. The van der Waals surface area contributed by atoms with E-state index in [0.717, 1.165) is 6.92 Å². The van der Waals surface area contributed by atoms with Crippen molar-refractivity contribution in [2.75, 3.05) is 0 Å². The van der Waals surface area contributed by atoms with Crippen molar-refractivity contribution in [1.29, 1.82) is 0 Å². The normalized spacial score (nSPS) is 11.0. The standard InChI is InChI=1S/C6H9F2N3.ClH/c1-6(7,8)5-4(2-9)3-10-11-5;/h3H,2,9H2,1H3,(H,10,11);1H. The minimum Gasteiger partial charge on any atom is -0.326 e. The van der Waals surface area contributed by atoms with Gasteiger partial charge in [0, 0.05) is 19.0 Å². The summed E-state index contributed by atoms with van der Waals surface area (Å²) in [6.07, 6.45) is 1.31. The first-order valence-electron chi connectivity index (χ1n) is 3.16. The van der Waals surface area contributed by atoms with Crippen LogP contribution >= 0.6 is 12.4 Å². The zero-order valence-corrected chi connectivity index (χ0v) is 7.29. The summed E-state index contributed by atoms with van der Waals surface area (Å²) in [5, 5.41) is 5.69. The Balaban J connectivity index is 0.00000121. The van der Waals surface area contributed by atoms with Crippen LogP contribution in [0, 0.1) is 0 Å². The Morgan fingerprint density at radius 3 is 2.58 bits per heavy atom. The first-order valence-corrected chi connectivity index (χ1v) is 3.16. The Morgan fingerprint density at radius 1 is 1.67 bits per heavy atom. The number of alkyl halides is 2. The van der Waals surface area contributed by atoms with Gasteiger partial charge in [-0.05, 0) is 0 Å². The van der Waals surface area contributed by atoms with Gasteiger partial charge in [0.25, 0.3) is 5.92 Å². The zero-order valence-electron chi connectivity index (χ0n) is 6.47. The van der Waals surface area contributed by atoms with E-state index >= 15 is 0 Å². The minimum atomic E-state index is -2.88. The molecular weight excluding hydrogens is 188 g/mol. The maximum atomic E-state index is 12.6. The van der Waals surface area contributed by atoms with Crippen LogP contribution in [0.2, 0.25) is 0 Å². The third kappa shape index (κ3) is 2.15. The molecule has 12 heavy (non-hydrogen) atoms. The highest BCUT2D eigenvalue weighted by Gasteiger charge is 2.28. The summed E-state index contributed by atoms with van der Waals surface area (Å²) in [7, 11) is 0. The molecule has 0 aliphatic heterocycles. The average molecular weight is 198 g/mol. The molecule has 0 fully saturated rings. The third-order valence-corrected chi connectivity index (χ3v) is 1.38. The summed E-state index contributed by atoms with van der Waals surface area (Å²) in [5.74, 6) is -2.88. The molecule has 1 aromatic heterocycles. The second-order valence-corrected chi connectivity index (χ2v) is 2.36. The van der Waals surface area contributed by atoms with E-state index in [-0.39, 0.29) is 24.6 Å². The van der Waals surface area contributed by atoms with Crippen molar-refractivity contribution < 1.29 is 8.78 Å². The van der Waals surface area contributed by atoms with E-state index in [0.29, 0.717) is 5.56 Å². The maximum Gasteiger partial charge on any atom is 0.286 e. The molecule has 1 heterocycles. The first kappa shape index (κ1) is 11.3. The van der Waals surface area contributed by atoms with Crippen molar-refractivity contribution in [3.05, 3.63) is 17.5 Å². The predicted molar refractivity (Wildman–Crippen MR) is 43.3 cm³/mol. The van der Waals surface area contributed by atoms with Crippen LogP contribution in [0.5, 0.6) is 0 Å². The van der Waals surface area contributed by atoms with Crippen molar-refractivity contribution >= 4 is 12.4 Å². The van der Waals surface area contributed by atoms with Crippen LogP contribution < -0.4 is 5.73 Å². The molecule has 0 radical (unpaired) electrons. The molecule has 0 saturated heterocycles. The van der Waals surface area contributed by atoms with Crippen LogP contribution in [0.15, 0.2) is 6.20 Å². The van der Waals surface area contributed by atoms with Gasteiger partial charge < -0.3 is 5.73 Å². The summed E-state index contributed by atoms with van der Waals surface area (Å²) < 4.78 is 25.2. The second kappa shape index (κ2) is 3.82. The lowest BCUT2D eigenvalue weighted by atomic mass is 10.2. The molecule has 0 amide bonds. The molecule has 3 nitrogen and oxygen atoms in total. The number of nitrogens with two attached hydrogens (primary N) is 1. The van der Waals surface area contributed by atoms with Gasteiger partial charge in [-0.25, -0.2) is 0 Å². The van der Waals surface area contributed by atoms with Gasteiger partial charge in [0.2, 0.25) is 0 Å². The van der Waals surface area contributed by atoms with Crippen LogP contribution in [-0.2, 0) is 12.5 Å². The molecule has 70 valence electrons. The summed E-state index contributed by atoms with van der Waals surface area (Å²) in [5.41, 5.74) is 5.36. The summed E-state index contributed by atoms with van der Waals surface area (Å²) in [6, 6.07) is 0. The van der Waals surface area contributed by atoms with Crippen LogP contribution in [0.25, 0.3) is 0 Å². The Kier molecular flexibility index (Phi) is 3.60. The summed E-state index contributed by atoms with van der Waals surface area (Å²) in [4.78, 5) is 0. The van der Waals surface area contributed by atoms with Gasteiger partial charge in [-0.1, -0.05) is 0 Å². The molecule has 0 saturated carbocycles. The fourth-order valence-corrected chi connectivity index (χ4v) is 0.846. The number of hydrogen-bond donors (Lipinski definition) is 2. The van der Waals surface area contributed by atoms with E-state index in [1.54, 1.807) is 0 Å². The van der Waals surface area contributed by atoms with E-state index < -0.39 is 5.92 Å². The fraction of sp³-hybridized carbons (Fsp3) is 0.500. The zero-order chi connectivity index (χ0) is 8.48. The molecule has 1 rings (SSSR count). The van der Waals surface area contributed by atoms with E-state index in [2.05, 4.69) is 10.2 Å². The SMILES string of the molecule is CC(F)(F)c1[nH]ncc1CN.Cl. The highest BCUT2D eigenvalue weighted by Crippen LogP contribution is 2.27. The molecule has 0 aliphatic rings. The highest BCUT2D eigenvalue weighted by molar-refractivity contribution is 5.85. The Labute approximate surface area is 74.7 Å². The maximum absolute atomic E-state index is 12.6. The lowest BCUT2D eigenvalue weighted by molar-refractivity contribution is 0.0118. The number of nitrogens with zero attached hydrogens (tertiary/aromatic N) is 1. The van der Waals surface area contributed by atoms with Crippen molar-refractivity contribution in [2.24, 2.45) is 5.73 Å². The van der Waals surface area contributed by atoms with Gasteiger partial charge in [-0.2, -0.15) is 13.9 Å². The van der Waals surface area contributed by atoms with Crippen LogP contribution in [0.1, 0.15) is 18.2 Å². The van der Waals surface area contributed by atoms with Crippen molar-refractivity contribution in [3.8, 4) is 0 Å². The molecule has 0 aliphatic carbocycles. The predicted octanol–water partition coefficient (Wildman–Crippen LogP) is 1.40. The molecule has 1 aromatic rings. The van der Waals surface area contributed by atoms with E-state index in [1.807, 2.05) is 0 Å².